The van der Waals surface area contributed by atoms with Crippen LogP contribution in [0.4, 0.5) is 0 Å². The van der Waals surface area contributed by atoms with Crippen LogP contribution in [0.2, 0.25) is 0 Å². The summed E-state index contributed by atoms with van der Waals surface area (Å²) in [7, 11) is 0. The highest BCUT2D eigenvalue weighted by atomic mass is 79.9. The van der Waals surface area contributed by atoms with Crippen molar-refractivity contribution in [3.8, 4) is 0 Å². The Morgan fingerprint density at radius 3 is 2.62 bits per heavy atom. The van der Waals surface area contributed by atoms with E-state index in [0.717, 1.165) is 11.0 Å². The smallest absolute Gasteiger partial charge is 0.0687 e. The minimum absolute atomic E-state index is 0.274. The van der Waals surface area contributed by atoms with Crippen molar-refractivity contribution < 1.29 is 5.11 Å². The summed E-state index contributed by atoms with van der Waals surface area (Å²) in [5, 5.41) is 12.9. The predicted molar refractivity (Wildman–Crippen MR) is 71.4 cm³/mol. The van der Waals surface area contributed by atoms with Gasteiger partial charge in [-0.3, -0.25) is 0 Å². The zero-order valence-electron chi connectivity index (χ0n) is 10.1. The Balaban J connectivity index is 2.43. The molecular formula is C13H20BrNO. The lowest BCUT2D eigenvalue weighted by Gasteiger charge is -2.15. The molecule has 0 aliphatic carbocycles. The summed E-state index contributed by atoms with van der Waals surface area (Å²) in [6.45, 7) is 7.54. The van der Waals surface area contributed by atoms with Crippen LogP contribution in [0, 0.1) is 12.8 Å². The normalized spacial score (nSPS) is 13.1. The van der Waals surface area contributed by atoms with Gasteiger partial charge in [0.25, 0.3) is 0 Å². The Bertz CT molecular complexity index is 339. The molecular weight excluding hydrogens is 266 g/mol. The van der Waals surface area contributed by atoms with Crippen molar-refractivity contribution in [2.75, 3.05) is 6.54 Å². The van der Waals surface area contributed by atoms with Crippen molar-refractivity contribution in [2.45, 2.75) is 33.4 Å². The summed E-state index contributed by atoms with van der Waals surface area (Å²) in [6, 6.07) is 6.31. The topological polar surface area (TPSA) is 32.3 Å². The van der Waals surface area contributed by atoms with Crippen molar-refractivity contribution in [2.24, 2.45) is 5.92 Å². The molecule has 0 saturated carbocycles. The van der Waals surface area contributed by atoms with Gasteiger partial charge in [-0.25, -0.2) is 0 Å². The molecule has 0 aliphatic rings. The third-order valence-corrected chi connectivity index (χ3v) is 3.39. The lowest BCUT2D eigenvalue weighted by molar-refractivity contribution is 0.123. The van der Waals surface area contributed by atoms with Crippen LogP contribution in [0.15, 0.2) is 22.7 Å². The van der Waals surface area contributed by atoms with Crippen molar-refractivity contribution in [3.05, 3.63) is 33.8 Å². The molecule has 0 heterocycles. The van der Waals surface area contributed by atoms with Crippen LogP contribution in [0.5, 0.6) is 0 Å². The monoisotopic (exact) mass is 285 g/mol. The maximum atomic E-state index is 9.64. The molecule has 0 amide bonds. The number of hydrogen-bond acceptors (Lipinski definition) is 2. The predicted octanol–water partition coefficient (Wildman–Crippen LogP) is 2.86. The van der Waals surface area contributed by atoms with E-state index in [1.54, 1.807) is 0 Å². The summed E-state index contributed by atoms with van der Waals surface area (Å²) in [4.78, 5) is 0. The van der Waals surface area contributed by atoms with Crippen LogP contribution in [0.1, 0.15) is 25.0 Å². The highest BCUT2D eigenvalue weighted by Crippen LogP contribution is 2.18. The summed E-state index contributed by atoms with van der Waals surface area (Å²) in [5.74, 6) is 0.300. The van der Waals surface area contributed by atoms with E-state index in [4.69, 9.17) is 0 Å². The minimum Gasteiger partial charge on any atom is -0.392 e. The zero-order valence-corrected chi connectivity index (χ0v) is 11.7. The number of rotatable bonds is 5. The molecule has 0 radical (unpaired) electrons. The molecule has 2 nitrogen and oxygen atoms in total. The van der Waals surface area contributed by atoms with E-state index in [1.165, 1.54) is 11.1 Å². The van der Waals surface area contributed by atoms with Gasteiger partial charge in [0.05, 0.1) is 6.10 Å². The van der Waals surface area contributed by atoms with E-state index in [0.29, 0.717) is 12.5 Å². The zero-order chi connectivity index (χ0) is 12.1. The summed E-state index contributed by atoms with van der Waals surface area (Å²) >= 11 is 3.54. The van der Waals surface area contributed by atoms with E-state index in [9.17, 15) is 5.11 Å². The Kier molecular flexibility index (Phi) is 5.46. The number of hydrogen-bond donors (Lipinski definition) is 2. The number of benzene rings is 1. The number of halogens is 1. The molecule has 0 fully saturated rings. The van der Waals surface area contributed by atoms with Gasteiger partial charge >= 0.3 is 0 Å². The van der Waals surface area contributed by atoms with Crippen LogP contribution >= 0.6 is 15.9 Å². The lowest BCUT2D eigenvalue weighted by atomic mass is 10.1. The highest BCUT2D eigenvalue weighted by Gasteiger charge is 2.08. The van der Waals surface area contributed by atoms with Crippen LogP contribution < -0.4 is 5.32 Å². The molecule has 0 saturated heterocycles. The largest absolute Gasteiger partial charge is 0.392 e. The SMILES string of the molecule is Cc1ccc(CNCC(O)C(C)C)c(Br)c1. The fourth-order valence-corrected chi connectivity index (χ4v) is 2.02. The Labute approximate surface area is 106 Å². The fourth-order valence-electron chi connectivity index (χ4n) is 1.39. The molecule has 1 atom stereocenters. The second-order valence-corrected chi connectivity index (χ2v) is 5.39. The van der Waals surface area contributed by atoms with Crippen molar-refractivity contribution >= 4 is 15.9 Å². The van der Waals surface area contributed by atoms with Gasteiger partial charge in [0.2, 0.25) is 0 Å². The standard InChI is InChI=1S/C13H20BrNO/c1-9(2)13(16)8-15-7-11-5-4-10(3)6-12(11)14/h4-6,9,13,15-16H,7-8H2,1-3H3. The van der Waals surface area contributed by atoms with Crippen LogP contribution in [-0.4, -0.2) is 17.8 Å². The molecule has 0 aromatic heterocycles. The molecule has 0 spiro atoms. The number of aliphatic hydroxyl groups is 1. The summed E-state index contributed by atoms with van der Waals surface area (Å²) in [5.41, 5.74) is 2.47. The van der Waals surface area contributed by atoms with Crippen LogP contribution in [0.25, 0.3) is 0 Å². The first-order valence-corrected chi connectivity index (χ1v) is 6.44. The fraction of sp³-hybridized carbons (Fsp3) is 0.538. The molecule has 1 aromatic rings. The quantitative estimate of drug-likeness (QED) is 0.872. The molecule has 16 heavy (non-hydrogen) atoms. The first-order valence-electron chi connectivity index (χ1n) is 5.64. The van der Waals surface area contributed by atoms with Gasteiger partial charge in [0, 0.05) is 17.6 Å². The second kappa shape index (κ2) is 6.38. The average Bonchev–Trinajstić information content (AvgIpc) is 2.20. The molecule has 0 aliphatic heterocycles. The van der Waals surface area contributed by atoms with Gasteiger partial charge in [-0.2, -0.15) is 0 Å². The molecule has 90 valence electrons. The Morgan fingerprint density at radius 1 is 1.38 bits per heavy atom. The van der Waals surface area contributed by atoms with Crippen LogP contribution in [0.3, 0.4) is 0 Å². The van der Waals surface area contributed by atoms with Gasteiger partial charge in [-0.1, -0.05) is 41.9 Å². The molecule has 0 bridgehead atoms. The Hall–Kier alpha value is -0.380. The van der Waals surface area contributed by atoms with Crippen molar-refractivity contribution in [1.82, 2.24) is 5.32 Å². The summed E-state index contributed by atoms with van der Waals surface area (Å²) < 4.78 is 1.12. The minimum atomic E-state index is -0.274. The van der Waals surface area contributed by atoms with Crippen molar-refractivity contribution in [1.29, 1.82) is 0 Å². The maximum Gasteiger partial charge on any atom is 0.0687 e. The average molecular weight is 286 g/mol. The van der Waals surface area contributed by atoms with E-state index in [2.05, 4.69) is 46.4 Å². The van der Waals surface area contributed by atoms with E-state index in [-0.39, 0.29) is 6.10 Å². The van der Waals surface area contributed by atoms with E-state index >= 15 is 0 Å². The first kappa shape index (κ1) is 13.7. The van der Waals surface area contributed by atoms with Gasteiger partial charge in [0.1, 0.15) is 0 Å². The van der Waals surface area contributed by atoms with E-state index in [1.807, 2.05) is 13.8 Å². The maximum absolute atomic E-state index is 9.64. The van der Waals surface area contributed by atoms with Gasteiger partial charge < -0.3 is 10.4 Å². The lowest BCUT2D eigenvalue weighted by Crippen LogP contribution is -2.30. The van der Waals surface area contributed by atoms with Gasteiger partial charge in [-0.05, 0) is 30.0 Å². The number of nitrogens with one attached hydrogen (secondary N) is 1. The third-order valence-electron chi connectivity index (χ3n) is 2.65. The highest BCUT2D eigenvalue weighted by molar-refractivity contribution is 9.10. The third kappa shape index (κ3) is 4.24. The van der Waals surface area contributed by atoms with Gasteiger partial charge in [-0.15, -0.1) is 0 Å². The summed E-state index contributed by atoms with van der Waals surface area (Å²) in [6.07, 6.45) is -0.274. The molecule has 1 unspecified atom stereocenters. The van der Waals surface area contributed by atoms with E-state index < -0.39 is 0 Å². The molecule has 3 heteroatoms. The number of aliphatic hydroxyl groups excluding tert-OH is 1. The molecule has 1 aromatic carbocycles. The second-order valence-electron chi connectivity index (χ2n) is 4.54. The molecule has 1 rings (SSSR count). The van der Waals surface area contributed by atoms with Gasteiger partial charge in [0.15, 0.2) is 0 Å². The Morgan fingerprint density at radius 2 is 2.06 bits per heavy atom. The van der Waals surface area contributed by atoms with Crippen molar-refractivity contribution in [3.63, 3.8) is 0 Å². The number of aryl methyl sites for hydroxylation is 1. The first-order chi connectivity index (χ1) is 7.50. The molecule has 2 N–H and O–H groups in total. The van der Waals surface area contributed by atoms with Crippen LogP contribution in [-0.2, 0) is 6.54 Å².